The Labute approximate surface area is 213 Å². The maximum atomic E-state index is 12.6. The lowest BCUT2D eigenvalue weighted by Gasteiger charge is -2.34. The minimum Gasteiger partial charge on any atom is -0.475 e. The average Bonchev–Trinajstić information content (AvgIpc) is 3.55. The molecular weight excluding hydrogens is 530 g/mol. The fourth-order valence-electron chi connectivity index (χ4n) is 3.93. The quantitative estimate of drug-likeness (QED) is 0.481. The summed E-state index contributed by atoms with van der Waals surface area (Å²) in [6.07, 6.45) is -2.03. The molecule has 2 saturated heterocycles. The smallest absolute Gasteiger partial charge is 0.475 e. The Morgan fingerprint density at radius 2 is 1.68 bits per heavy atom. The van der Waals surface area contributed by atoms with E-state index in [2.05, 4.69) is 28.3 Å². The van der Waals surface area contributed by atoms with Crippen LogP contribution in [0.25, 0.3) is 0 Å². The molecule has 0 radical (unpaired) electrons. The van der Waals surface area contributed by atoms with Gasteiger partial charge < -0.3 is 25.2 Å². The van der Waals surface area contributed by atoms with E-state index in [1.807, 2.05) is 17.2 Å². The third kappa shape index (κ3) is 9.63. The number of nitrogens with zero attached hydrogens (tertiary/aromatic N) is 3. The summed E-state index contributed by atoms with van der Waals surface area (Å²) >= 11 is 0. The van der Waals surface area contributed by atoms with Gasteiger partial charge >= 0.3 is 30.3 Å². The molecule has 3 aliphatic rings. The van der Waals surface area contributed by atoms with E-state index in [0.29, 0.717) is 6.04 Å². The number of carboxylic acids is 2. The first-order chi connectivity index (χ1) is 17.6. The minimum atomic E-state index is -5.08. The minimum absolute atomic E-state index is 0.0928. The molecule has 0 unspecified atom stereocenters. The van der Waals surface area contributed by atoms with Crippen LogP contribution in [0.3, 0.4) is 0 Å². The Hall–Kier alpha value is -3.14. The number of nitrogens with one attached hydrogen (secondary N) is 1. The van der Waals surface area contributed by atoms with Crippen LogP contribution in [0.15, 0.2) is 24.5 Å². The van der Waals surface area contributed by atoms with Gasteiger partial charge in [0.25, 0.3) is 0 Å². The third-order valence-corrected chi connectivity index (χ3v) is 5.87. The normalized spacial score (nSPS) is 22.8. The first kappa shape index (κ1) is 31.1. The van der Waals surface area contributed by atoms with Crippen LogP contribution in [0.5, 0.6) is 0 Å². The van der Waals surface area contributed by atoms with Crippen molar-refractivity contribution in [3.63, 3.8) is 0 Å². The maximum absolute atomic E-state index is 12.6. The van der Waals surface area contributed by atoms with Crippen molar-refractivity contribution in [2.75, 3.05) is 20.2 Å². The number of ether oxygens (including phenoxy) is 1. The monoisotopic (exact) mass is 558 g/mol. The number of likely N-dealkylation sites (N-methyl/N-ethyl adjacent to an activating group) is 1. The summed E-state index contributed by atoms with van der Waals surface area (Å²) < 4.78 is 69.6. The molecule has 1 aromatic heterocycles. The SMILES string of the molecule is CN(Cc1cccnc1)[C@@H]1CN(C(=O)NC2CC2)[C@@H]2CCCO[C@H]12.O=C(O)C(F)(F)F.O=C(O)C(F)(F)F. The van der Waals surface area contributed by atoms with Gasteiger partial charge in [0, 0.05) is 38.1 Å². The molecule has 0 bridgehead atoms. The Kier molecular flexibility index (Phi) is 10.7. The van der Waals surface area contributed by atoms with Crippen LogP contribution in [0.1, 0.15) is 31.2 Å². The summed E-state index contributed by atoms with van der Waals surface area (Å²) in [4.78, 5) is 38.9. The first-order valence-electron chi connectivity index (χ1n) is 11.5. The largest absolute Gasteiger partial charge is 0.490 e. The molecule has 10 nitrogen and oxygen atoms in total. The highest BCUT2D eigenvalue weighted by atomic mass is 19.4. The molecule has 1 aliphatic carbocycles. The summed E-state index contributed by atoms with van der Waals surface area (Å²) in [6.45, 7) is 2.37. The van der Waals surface area contributed by atoms with Gasteiger partial charge in [0.15, 0.2) is 0 Å². The summed E-state index contributed by atoms with van der Waals surface area (Å²) in [7, 11) is 2.12. The number of carboxylic acid groups (broad SMARTS) is 2. The number of carbonyl (C=O) groups excluding carboxylic acids is 1. The number of urea groups is 1. The molecule has 1 aromatic rings. The predicted octanol–water partition coefficient (Wildman–Crippen LogP) is 2.88. The lowest BCUT2D eigenvalue weighted by atomic mass is 10.00. The number of halogens is 6. The molecule has 3 N–H and O–H groups in total. The standard InChI is InChI=1S/C18H26N4O2.2C2HF3O2/c1-21(11-13-4-2-8-19-10-13)16-12-22(18(23)20-14-6-7-14)15-5-3-9-24-17(15)16;2*3-2(4,5)1(6)7/h2,4,8,10,14-17H,3,5-7,9,11-12H2,1H3,(H,20,23);2*(H,6,7)/t15-,16-,17+;;/m1../s1. The lowest BCUT2D eigenvalue weighted by Crippen LogP contribution is -2.48. The number of hydrogen-bond acceptors (Lipinski definition) is 6. The van der Waals surface area contributed by atoms with Gasteiger partial charge in [-0.05, 0) is 44.4 Å². The van der Waals surface area contributed by atoms with Crippen molar-refractivity contribution in [2.24, 2.45) is 0 Å². The number of amides is 2. The molecule has 3 heterocycles. The fraction of sp³-hybridized carbons (Fsp3) is 0.636. The van der Waals surface area contributed by atoms with E-state index in [1.165, 1.54) is 5.56 Å². The highest BCUT2D eigenvalue weighted by Gasteiger charge is 2.48. The van der Waals surface area contributed by atoms with Gasteiger partial charge in [-0.1, -0.05) is 6.07 Å². The molecular formula is C22H28F6N4O6. The van der Waals surface area contributed by atoms with Crippen molar-refractivity contribution in [2.45, 2.75) is 68.8 Å². The molecule has 3 atom stereocenters. The number of alkyl halides is 6. The fourth-order valence-corrected chi connectivity index (χ4v) is 3.93. The molecule has 0 spiro atoms. The van der Waals surface area contributed by atoms with Gasteiger partial charge in [-0.25, -0.2) is 14.4 Å². The predicted molar refractivity (Wildman–Crippen MR) is 118 cm³/mol. The van der Waals surface area contributed by atoms with Crippen molar-refractivity contribution < 1.29 is 55.7 Å². The molecule has 214 valence electrons. The van der Waals surface area contributed by atoms with E-state index in [4.69, 9.17) is 24.5 Å². The topological polar surface area (TPSA) is 132 Å². The van der Waals surface area contributed by atoms with E-state index in [9.17, 15) is 31.1 Å². The van der Waals surface area contributed by atoms with Crippen molar-refractivity contribution in [3.8, 4) is 0 Å². The van der Waals surface area contributed by atoms with Gasteiger partial charge in [-0.2, -0.15) is 26.3 Å². The van der Waals surface area contributed by atoms with E-state index in [-0.39, 0.29) is 24.2 Å². The molecule has 2 amide bonds. The van der Waals surface area contributed by atoms with Gasteiger partial charge in [0.05, 0.1) is 18.2 Å². The molecule has 2 aliphatic heterocycles. The average molecular weight is 558 g/mol. The Morgan fingerprint density at radius 3 is 2.16 bits per heavy atom. The number of carbonyl (C=O) groups is 3. The van der Waals surface area contributed by atoms with Gasteiger partial charge in [-0.3, -0.25) is 9.88 Å². The summed E-state index contributed by atoms with van der Waals surface area (Å²) in [5.41, 5.74) is 1.19. The Bertz CT molecular complexity index is 921. The van der Waals surface area contributed by atoms with Crippen LogP contribution >= 0.6 is 0 Å². The lowest BCUT2D eigenvalue weighted by molar-refractivity contribution is -0.193. The van der Waals surface area contributed by atoms with Crippen LogP contribution < -0.4 is 5.32 Å². The molecule has 1 saturated carbocycles. The molecule has 0 aromatic carbocycles. The zero-order valence-corrected chi connectivity index (χ0v) is 20.2. The van der Waals surface area contributed by atoms with Crippen LogP contribution in [0, 0.1) is 0 Å². The van der Waals surface area contributed by atoms with E-state index < -0.39 is 24.3 Å². The second-order valence-electron chi connectivity index (χ2n) is 8.87. The number of fused-ring (bicyclic) bond motifs is 1. The number of hydrogen-bond donors (Lipinski definition) is 3. The number of rotatable bonds is 4. The second kappa shape index (κ2) is 13.1. The Balaban J connectivity index is 0.000000301. The van der Waals surface area contributed by atoms with Gasteiger partial charge in [0.2, 0.25) is 0 Å². The van der Waals surface area contributed by atoms with Gasteiger partial charge in [0.1, 0.15) is 0 Å². The molecule has 38 heavy (non-hydrogen) atoms. The zero-order chi connectivity index (χ0) is 28.7. The van der Waals surface area contributed by atoms with Crippen LogP contribution in [0.4, 0.5) is 31.1 Å². The van der Waals surface area contributed by atoms with Crippen molar-refractivity contribution in [1.82, 2.24) is 20.1 Å². The molecule has 16 heteroatoms. The summed E-state index contributed by atoms with van der Waals surface area (Å²) in [6, 6.07) is 4.99. The summed E-state index contributed by atoms with van der Waals surface area (Å²) in [5.74, 6) is -5.51. The maximum Gasteiger partial charge on any atom is 0.490 e. The molecule has 3 fully saturated rings. The highest BCUT2D eigenvalue weighted by molar-refractivity contribution is 5.76. The highest BCUT2D eigenvalue weighted by Crippen LogP contribution is 2.32. The van der Waals surface area contributed by atoms with Crippen LogP contribution in [-0.2, 0) is 20.9 Å². The van der Waals surface area contributed by atoms with E-state index >= 15 is 0 Å². The Morgan fingerprint density at radius 1 is 1.11 bits per heavy atom. The number of likely N-dealkylation sites (tertiary alicyclic amines) is 1. The second-order valence-corrected chi connectivity index (χ2v) is 8.87. The van der Waals surface area contributed by atoms with Crippen LogP contribution in [-0.4, -0.2) is 99.7 Å². The molecule has 4 rings (SSSR count). The van der Waals surface area contributed by atoms with E-state index in [0.717, 1.165) is 45.4 Å². The number of pyridine rings is 1. The van der Waals surface area contributed by atoms with Crippen molar-refractivity contribution in [3.05, 3.63) is 30.1 Å². The third-order valence-electron chi connectivity index (χ3n) is 5.87. The van der Waals surface area contributed by atoms with Gasteiger partial charge in [-0.15, -0.1) is 0 Å². The van der Waals surface area contributed by atoms with Crippen molar-refractivity contribution in [1.29, 1.82) is 0 Å². The number of aliphatic carboxylic acids is 2. The summed E-state index contributed by atoms with van der Waals surface area (Å²) in [5, 5.41) is 17.4. The zero-order valence-electron chi connectivity index (χ0n) is 20.2. The first-order valence-corrected chi connectivity index (χ1v) is 11.5. The van der Waals surface area contributed by atoms with Crippen LogP contribution in [0.2, 0.25) is 0 Å². The number of aromatic nitrogens is 1. The van der Waals surface area contributed by atoms with E-state index in [1.54, 1.807) is 6.20 Å². The van der Waals surface area contributed by atoms with Crippen molar-refractivity contribution >= 4 is 18.0 Å².